The number of hydrogen-bond acceptors (Lipinski definition) is 5. The fourth-order valence-corrected chi connectivity index (χ4v) is 3.86. The van der Waals surface area contributed by atoms with Crippen molar-refractivity contribution in [3.8, 4) is 28.3 Å². The molecule has 0 aliphatic rings. The van der Waals surface area contributed by atoms with E-state index >= 15 is 0 Å². The van der Waals surface area contributed by atoms with E-state index in [9.17, 15) is 4.39 Å². The van der Waals surface area contributed by atoms with Crippen LogP contribution < -0.4 is 14.8 Å². The molecule has 0 radical (unpaired) electrons. The van der Waals surface area contributed by atoms with Gasteiger partial charge < -0.3 is 24.3 Å². The van der Waals surface area contributed by atoms with Crippen LogP contribution in [0.3, 0.4) is 0 Å². The Morgan fingerprint density at radius 3 is 2.45 bits per heavy atom. The molecule has 0 atom stereocenters. The molecule has 166 valence electrons. The molecule has 7 nitrogen and oxygen atoms in total. The number of fused-ring (bicyclic) bond motifs is 1. The Kier molecular flexibility index (Phi) is 5.40. The van der Waals surface area contributed by atoms with Crippen LogP contribution >= 0.6 is 0 Å². The van der Waals surface area contributed by atoms with Gasteiger partial charge in [-0.2, -0.15) is 0 Å². The van der Waals surface area contributed by atoms with Gasteiger partial charge in [0.05, 0.1) is 43.8 Å². The van der Waals surface area contributed by atoms with Crippen molar-refractivity contribution < 1.29 is 13.9 Å². The summed E-state index contributed by atoms with van der Waals surface area (Å²) in [4.78, 5) is 12.3. The maximum absolute atomic E-state index is 13.5. The van der Waals surface area contributed by atoms with Crippen LogP contribution in [0.1, 0.15) is 5.82 Å². The van der Waals surface area contributed by atoms with Crippen LogP contribution in [-0.2, 0) is 6.54 Å². The lowest BCUT2D eigenvalue weighted by molar-refractivity contribution is 0.397. The fourth-order valence-electron chi connectivity index (χ4n) is 3.86. The second-order valence-corrected chi connectivity index (χ2v) is 7.44. The molecule has 8 heteroatoms. The average molecular weight is 443 g/mol. The second-order valence-electron chi connectivity index (χ2n) is 7.44. The summed E-state index contributed by atoms with van der Waals surface area (Å²) in [5, 5.41) is 3.36. The maximum Gasteiger partial charge on any atom is 0.145 e. The number of benzene rings is 3. The third kappa shape index (κ3) is 3.98. The van der Waals surface area contributed by atoms with Crippen molar-refractivity contribution >= 4 is 16.7 Å². The number of ether oxygens (including phenoxy) is 2. The van der Waals surface area contributed by atoms with Crippen molar-refractivity contribution in [1.29, 1.82) is 0 Å². The number of nitrogens with zero attached hydrogens (tertiary/aromatic N) is 3. The molecule has 0 fully saturated rings. The van der Waals surface area contributed by atoms with E-state index in [0.717, 1.165) is 39.4 Å². The molecule has 0 amide bonds. The molecule has 0 unspecified atom stereocenters. The fraction of sp³-hybridized carbons (Fsp3) is 0.120. The van der Waals surface area contributed by atoms with E-state index in [-0.39, 0.29) is 5.82 Å². The molecule has 5 rings (SSSR count). The first kappa shape index (κ1) is 20.6. The van der Waals surface area contributed by atoms with E-state index in [1.807, 2.05) is 41.1 Å². The topological polar surface area (TPSA) is 77.0 Å². The van der Waals surface area contributed by atoms with Gasteiger partial charge in [-0.25, -0.2) is 14.4 Å². The van der Waals surface area contributed by atoms with Crippen LogP contribution in [0.5, 0.6) is 11.5 Å². The Labute approximate surface area is 189 Å². The van der Waals surface area contributed by atoms with E-state index in [2.05, 4.69) is 15.3 Å². The van der Waals surface area contributed by atoms with E-state index < -0.39 is 0 Å². The number of anilines is 1. The molecule has 5 aromatic rings. The number of rotatable bonds is 7. The lowest BCUT2D eigenvalue weighted by Crippen LogP contribution is -2.04. The van der Waals surface area contributed by atoms with Crippen molar-refractivity contribution in [3.05, 3.63) is 85.0 Å². The molecule has 2 N–H and O–H groups in total. The normalized spacial score (nSPS) is 11.0. The predicted molar refractivity (Wildman–Crippen MR) is 125 cm³/mol. The summed E-state index contributed by atoms with van der Waals surface area (Å²) in [5.74, 6) is 1.86. The number of H-pyrrole nitrogens is 1. The van der Waals surface area contributed by atoms with Gasteiger partial charge >= 0.3 is 0 Å². The Hall–Kier alpha value is -4.33. The number of nitrogens with one attached hydrogen (secondary N) is 2. The summed E-state index contributed by atoms with van der Waals surface area (Å²) < 4.78 is 26.3. The van der Waals surface area contributed by atoms with Gasteiger partial charge in [-0.3, -0.25) is 0 Å². The van der Waals surface area contributed by atoms with Crippen LogP contribution in [0.4, 0.5) is 10.1 Å². The number of halogens is 1. The predicted octanol–water partition coefficient (Wildman–Crippen LogP) is 5.18. The van der Waals surface area contributed by atoms with Crippen molar-refractivity contribution in [2.45, 2.75) is 6.54 Å². The number of aromatic nitrogens is 4. The summed E-state index contributed by atoms with van der Waals surface area (Å²) in [6, 6.07) is 16.1. The summed E-state index contributed by atoms with van der Waals surface area (Å²) in [7, 11) is 3.24. The van der Waals surface area contributed by atoms with E-state index in [1.165, 1.54) is 12.1 Å². The highest BCUT2D eigenvalue weighted by molar-refractivity contribution is 5.88. The molecule has 0 aliphatic carbocycles. The maximum atomic E-state index is 13.5. The second kappa shape index (κ2) is 8.66. The lowest BCUT2D eigenvalue weighted by Gasteiger charge is -2.13. The minimum Gasteiger partial charge on any atom is -0.494 e. The van der Waals surface area contributed by atoms with Gasteiger partial charge in [0.2, 0.25) is 0 Å². The number of aromatic amines is 1. The van der Waals surface area contributed by atoms with Crippen LogP contribution in [0.25, 0.3) is 27.8 Å². The first-order chi connectivity index (χ1) is 16.2. The van der Waals surface area contributed by atoms with Crippen molar-refractivity contribution in [2.24, 2.45) is 0 Å². The number of methoxy groups -OCH3 is 2. The first-order valence-electron chi connectivity index (χ1n) is 10.4. The molecular weight excluding hydrogens is 421 g/mol. The van der Waals surface area contributed by atoms with E-state index in [4.69, 9.17) is 14.5 Å². The third-order valence-corrected chi connectivity index (χ3v) is 5.45. The van der Waals surface area contributed by atoms with Gasteiger partial charge in [0, 0.05) is 18.0 Å². The zero-order valence-electron chi connectivity index (χ0n) is 18.2. The van der Waals surface area contributed by atoms with Crippen LogP contribution in [0, 0.1) is 5.82 Å². The molecule has 0 aliphatic heterocycles. The Morgan fingerprint density at radius 2 is 1.79 bits per heavy atom. The van der Waals surface area contributed by atoms with Gasteiger partial charge in [0.15, 0.2) is 0 Å². The summed E-state index contributed by atoms with van der Waals surface area (Å²) in [6.07, 6.45) is 5.33. The Balaban J connectivity index is 1.53. The van der Waals surface area contributed by atoms with Crippen LogP contribution in [0.15, 0.2) is 73.3 Å². The number of imidazole rings is 2. The van der Waals surface area contributed by atoms with Crippen molar-refractivity contribution in [3.63, 3.8) is 0 Å². The monoisotopic (exact) mass is 443 g/mol. The molecular formula is C25H22FN5O2. The van der Waals surface area contributed by atoms with E-state index in [0.29, 0.717) is 18.0 Å². The molecule has 0 spiro atoms. The van der Waals surface area contributed by atoms with Crippen molar-refractivity contribution in [1.82, 2.24) is 19.5 Å². The summed E-state index contributed by atoms with van der Waals surface area (Å²) >= 11 is 0. The average Bonchev–Trinajstić information content (AvgIpc) is 3.51. The van der Waals surface area contributed by atoms with Crippen LogP contribution in [-0.4, -0.2) is 33.7 Å². The molecule has 2 heterocycles. The van der Waals surface area contributed by atoms with Gasteiger partial charge in [0.25, 0.3) is 0 Å². The zero-order valence-corrected chi connectivity index (χ0v) is 18.2. The smallest absolute Gasteiger partial charge is 0.145 e. The molecule has 0 bridgehead atoms. The standard InChI is InChI=1S/C25H22FN5O2/c1-32-22-4-3-5-23(33-2)25(22)28-14-24-29-19-12-18(16-6-8-17(26)9-7-16)21(13-20(19)30-24)31-11-10-27-15-31/h3-13,15,28H,14H2,1-2H3,(H,29,30). The molecule has 0 saturated heterocycles. The van der Waals surface area contributed by atoms with E-state index in [1.54, 1.807) is 38.9 Å². The van der Waals surface area contributed by atoms with Crippen molar-refractivity contribution in [2.75, 3.05) is 19.5 Å². The zero-order chi connectivity index (χ0) is 22.8. The van der Waals surface area contributed by atoms with Gasteiger partial charge in [0.1, 0.15) is 28.8 Å². The van der Waals surface area contributed by atoms with Gasteiger partial charge in [-0.05, 0) is 42.0 Å². The quantitative estimate of drug-likeness (QED) is 0.362. The van der Waals surface area contributed by atoms with Crippen LogP contribution in [0.2, 0.25) is 0 Å². The molecule has 0 saturated carbocycles. The Bertz CT molecular complexity index is 1370. The third-order valence-electron chi connectivity index (χ3n) is 5.45. The highest BCUT2D eigenvalue weighted by Gasteiger charge is 2.14. The summed E-state index contributed by atoms with van der Waals surface area (Å²) in [6.45, 7) is 0.442. The minimum atomic E-state index is -0.273. The Morgan fingerprint density at radius 1 is 1.03 bits per heavy atom. The molecule has 2 aromatic heterocycles. The first-order valence-corrected chi connectivity index (χ1v) is 10.4. The highest BCUT2D eigenvalue weighted by Crippen LogP contribution is 2.35. The molecule has 3 aromatic carbocycles. The minimum absolute atomic E-state index is 0.273. The summed E-state index contributed by atoms with van der Waals surface area (Å²) in [5.41, 5.74) is 5.19. The largest absolute Gasteiger partial charge is 0.494 e. The van der Waals surface area contributed by atoms with Gasteiger partial charge in [-0.1, -0.05) is 18.2 Å². The number of para-hydroxylation sites is 1. The highest BCUT2D eigenvalue weighted by atomic mass is 19.1. The van der Waals surface area contributed by atoms with Gasteiger partial charge in [-0.15, -0.1) is 0 Å². The SMILES string of the molecule is COc1cccc(OC)c1NCc1nc2cc(-n3ccnc3)c(-c3ccc(F)cc3)cc2[nH]1. The lowest BCUT2D eigenvalue weighted by atomic mass is 10.0. The molecule has 33 heavy (non-hydrogen) atoms. The number of hydrogen-bond donors (Lipinski definition) is 2.